The number of rotatable bonds is 5. The summed E-state index contributed by atoms with van der Waals surface area (Å²) in [6.07, 6.45) is 4.34. The minimum atomic E-state index is -0.333. The number of thioether (sulfide) groups is 1. The third-order valence-corrected chi connectivity index (χ3v) is 5.70. The molecule has 0 aliphatic heterocycles. The van der Waals surface area contributed by atoms with Crippen LogP contribution in [-0.2, 0) is 17.6 Å². The van der Waals surface area contributed by atoms with Gasteiger partial charge in [0.2, 0.25) is 5.91 Å². The number of carbonyl (C=O) groups is 1. The van der Waals surface area contributed by atoms with E-state index < -0.39 is 0 Å². The molecule has 1 aromatic carbocycles. The molecule has 25 heavy (non-hydrogen) atoms. The molecule has 0 bridgehead atoms. The third-order valence-electron chi connectivity index (χ3n) is 4.20. The number of aromatic amines is 1. The number of anilines is 1. The van der Waals surface area contributed by atoms with Crippen molar-refractivity contribution in [1.82, 2.24) is 9.97 Å². The van der Waals surface area contributed by atoms with Crippen LogP contribution in [0.1, 0.15) is 37.4 Å². The SMILES string of the molecule is CCC(Sc1nc2c(c(=O)[nH]1)CCCC2)C(=O)Nc1ccc(Cl)cc1. The van der Waals surface area contributed by atoms with E-state index in [1.807, 2.05) is 6.92 Å². The molecular weight excluding hydrogens is 358 g/mol. The monoisotopic (exact) mass is 377 g/mol. The minimum Gasteiger partial charge on any atom is -0.325 e. The van der Waals surface area contributed by atoms with Crippen molar-refractivity contribution in [2.75, 3.05) is 5.32 Å². The van der Waals surface area contributed by atoms with Crippen molar-refractivity contribution in [2.24, 2.45) is 0 Å². The number of amides is 1. The van der Waals surface area contributed by atoms with Gasteiger partial charge in [0.15, 0.2) is 5.16 Å². The number of fused-ring (bicyclic) bond motifs is 1. The van der Waals surface area contributed by atoms with E-state index in [1.54, 1.807) is 24.3 Å². The van der Waals surface area contributed by atoms with Gasteiger partial charge in [-0.3, -0.25) is 9.59 Å². The van der Waals surface area contributed by atoms with Crippen LogP contribution >= 0.6 is 23.4 Å². The first-order valence-electron chi connectivity index (χ1n) is 8.42. The van der Waals surface area contributed by atoms with E-state index in [0.29, 0.717) is 22.3 Å². The van der Waals surface area contributed by atoms with Crippen molar-refractivity contribution in [2.45, 2.75) is 49.4 Å². The van der Waals surface area contributed by atoms with Crippen LogP contribution in [0.4, 0.5) is 5.69 Å². The number of H-pyrrole nitrogens is 1. The quantitative estimate of drug-likeness (QED) is 0.613. The lowest BCUT2D eigenvalue weighted by molar-refractivity contribution is -0.115. The molecule has 3 rings (SSSR count). The smallest absolute Gasteiger partial charge is 0.254 e. The highest BCUT2D eigenvalue weighted by Gasteiger charge is 2.22. The maximum atomic E-state index is 12.5. The van der Waals surface area contributed by atoms with Crippen molar-refractivity contribution < 1.29 is 4.79 Å². The second kappa shape index (κ2) is 8.06. The number of hydrogen-bond acceptors (Lipinski definition) is 4. The molecule has 0 radical (unpaired) electrons. The summed E-state index contributed by atoms with van der Waals surface area (Å²) in [5.41, 5.74) is 2.31. The van der Waals surface area contributed by atoms with E-state index in [9.17, 15) is 9.59 Å². The number of nitrogens with one attached hydrogen (secondary N) is 2. The molecular formula is C18H20ClN3O2S. The van der Waals surface area contributed by atoms with Crippen LogP contribution in [0, 0.1) is 0 Å². The first kappa shape index (κ1) is 18.0. The van der Waals surface area contributed by atoms with Crippen LogP contribution < -0.4 is 10.9 Å². The van der Waals surface area contributed by atoms with Gasteiger partial charge in [0.25, 0.3) is 5.56 Å². The van der Waals surface area contributed by atoms with Crippen molar-refractivity contribution >= 4 is 35.0 Å². The lowest BCUT2D eigenvalue weighted by Gasteiger charge is -2.17. The van der Waals surface area contributed by atoms with Gasteiger partial charge in [-0.2, -0.15) is 0 Å². The number of hydrogen-bond donors (Lipinski definition) is 2. The summed E-state index contributed by atoms with van der Waals surface area (Å²) in [5, 5.41) is 3.68. The molecule has 1 heterocycles. The minimum absolute atomic E-state index is 0.0693. The molecule has 1 amide bonds. The molecule has 1 aliphatic carbocycles. The Labute approximate surface area is 155 Å². The fourth-order valence-electron chi connectivity index (χ4n) is 2.85. The van der Waals surface area contributed by atoms with Crippen molar-refractivity contribution in [1.29, 1.82) is 0 Å². The molecule has 0 spiro atoms. The van der Waals surface area contributed by atoms with E-state index in [2.05, 4.69) is 15.3 Å². The Balaban J connectivity index is 1.73. The Morgan fingerprint density at radius 1 is 1.32 bits per heavy atom. The molecule has 1 aliphatic rings. The summed E-state index contributed by atoms with van der Waals surface area (Å²) < 4.78 is 0. The van der Waals surface area contributed by atoms with Gasteiger partial charge in [-0.15, -0.1) is 0 Å². The van der Waals surface area contributed by atoms with Crippen molar-refractivity contribution in [3.8, 4) is 0 Å². The first-order valence-corrected chi connectivity index (χ1v) is 9.67. The largest absolute Gasteiger partial charge is 0.325 e. The second-order valence-electron chi connectivity index (χ2n) is 6.01. The predicted molar refractivity (Wildman–Crippen MR) is 102 cm³/mol. The van der Waals surface area contributed by atoms with Crippen LogP contribution in [0.2, 0.25) is 5.02 Å². The normalized spacial score (nSPS) is 14.6. The Morgan fingerprint density at radius 3 is 2.76 bits per heavy atom. The molecule has 1 atom stereocenters. The fourth-order valence-corrected chi connectivity index (χ4v) is 3.89. The fraction of sp³-hybridized carbons (Fsp3) is 0.389. The predicted octanol–water partition coefficient (Wildman–Crippen LogP) is 3.81. The third kappa shape index (κ3) is 4.44. The zero-order valence-corrected chi connectivity index (χ0v) is 15.5. The molecule has 132 valence electrons. The standard InChI is InChI=1S/C18H20ClN3O2S/c1-2-15(17(24)20-12-9-7-11(19)8-10-12)25-18-21-14-6-4-3-5-13(14)16(23)22-18/h7-10,15H,2-6H2,1H3,(H,20,24)(H,21,22,23). The van der Waals surface area contributed by atoms with E-state index >= 15 is 0 Å². The average Bonchev–Trinajstić information content (AvgIpc) is 2.61. The Bertz CT molecular complexity index is 820. The summed E-state index contributed by atoms with van der Waals surface area (Å²) in [6, 6.07) is 6.98. The van der Waals surface area contributed by atoms with E-state index in [4.69, 9.17) is 11.6 Å². The van der Waals surface area contributed by atoms with E-state index in [0.717, 1.165) is 36.9 Å². The van der Waals surface area contributed by atoms with Gasteiger partial charge in [-0.25, -0.2) is 4.98 Å². The molecule has 2 N–H and O–H groups in total. The van der Waals surface area contributed by atoms with Crippen LogP contribution in [0.5, 0.6) is 0 Å². The maximum Gasteiger partial charge on any atom is 0.254 e. The van der Waals surface area contributed by atoms with E-state index in [1.165, 1.54) is 11.8 Å². The molecule has 1 aromatic heterocycles. The molecule has 5 nitrogen and oxygen atoms in total. The van der Waals surface area contributed by atoms with Crippen molar-refractivity contribution in [3.63, 3.8) is 0 Å². The summed E-state index contributed by atoms with van der Waals surface area (Å²) in [6.45, 7) is 1.94. The molecule has 2 aromatic rings. The number of halogens is 1. The second-order valence-corrected chi connectivity index (χ2v) is 7.64. The van der Waals surface area contributed by atoms with Gasteiger partial charge < -0.3 is 10.3 Å². The van der Waals surface area contributed by atoms with Crippen molar-refractivity contribution in [3.05, 3.63) is 50.9 Å². The molecule has 0 fully saturated rings. The lowest BCUT2D eigenvalue weighted by atomic mass is 9.97. The number of nitrogens with zero attached hydrogens (tertiary/aromatic N) is 1. The highest BCUT2D eigenvalue weighted by molar-refractivity contribution is 8.00. The van der Waals surface area contributed by atoms with Gasteiger partial charge in [-0.1, -0.05) is 30.3 Å². The van der Waals surface area contributed by atoms with Gasteiger partial charge in [0, 0.05) is 16.3 Å². The summed E-state index contributed by atoms with van der Waals surface area (Å²) in [7, 11) is 0. The number of benzene rings is 1. The Morgan fingerprint density at radius 2 is 2.04 bits per heavy atom. The number of aromatic nitrogens is 2. The zero-order valence-electron chi connectivity index (χ0n) is 14.0. The van der Waals surface area contributed by atoms with Crippen LogP contribution in [-0.4, -0.2) is 21.1 Å². The summed E-state index contributed by atoms with van der Waals surface area (Å²) >= 11 is 7.16. The molecule has 0 saturated heterocycles. The van der Waals surface area contributed by atoms with Crippen LogP contribution in [0.25, 0.3) is 0 Å². The average molecular weight is 378 g/mol. The zero-order chi connectivity index (χ0) is 17.8. The van der Waals surface area contributed by atoms with Gasteiger partial charge >= 0.3 is 0 Å². The van der Waals surface area contributed by atoms with Crippen LogP contribution in [0.3, 0.4) is 0 Å². The first-order chi connectivity index (χ1) is 12.1. The Kier molecular flexibility index (Phi) is 5.81. The van der Waals surface area contributed by atoms with Gasteiger partial charge in [0.05, 0.1) is 10.9 Å². The van der Waals surface area contributed by atoms with Gasteiger partial charge in [-0.05, 0) is 56.4 Å². The highest BCUT2D eigenvalue weighted by Crippen LogP contribution is 2.25. The highest BCUT2D eigenvalue weighted by atomic mass is 35.5. The summed E-state index contributed by atoms with van der Waals surface area (Å²) in [4.78, 5) is 32.1. The number of carbonyl (C=O) groups excluding carboxylic acids is 1. The lowest BCUT2D eigenvalue weighted by Crippen LogP contribution is -2.26. The topological polar surface area (TPSA) is 74.8 Å². The summed E-state index contributed by atoms with van der Waals surface area (Å²) in [5.74, 6) is -0.116. The maximum absolute atomic E-state index is 12.5. The molecule has 1 unspecified atom stereocenters. The van der Waals surface area contributed by atoms with Gasteiger partial charge in [0.1, 0.15) is 0 Å². The van der Waals surface area contributed by atoms with E-state index in [-0.39, 0.29) is 16.7 Å². The van der Waals surface area contributed by atoms with Crippen LogP contribution in [0.15, 0.2) is 34.2 Å². The number of aryl methyl sites for hydroxylation is 1. The Hall–Kier alpha value is -1.79. The molecule has 7 heteroatoms. The molecule has 0 saturated carbocycles.